The van der Waals surface area contributed by atoms with Gasteiger partial charge in [-0.25, -0.2) is 0 Å². The molecule has 1 aromatic carbocycles. The van der Waals surface area contributed by atoms with Gasteiger partial charge in [-0.3, -0.25) is 0 Å². The van der Waals surface area contributed by atoms with E-state index in [2.05, 4.69) is 11.1 Å². The standard InChI is InChI=1S/C11H10ClN/c12-7-4-5-9-8-2-1-3-10(8)13-11(9)6-7/h4-6,13H,1-3H2. The number of rotatable bonds is 0. The van der Waals surface area contributed by atoms with Gasteiger partial charge in [0, 0.05) is 21.6 Å². The molecule has 13 heavy (non-hydrogen) atoms. The van der Waals surface area contributed by atoms with Gasteiger partial charge in [0.05, 0.1) is 0 Å². The number of hydrogen-bond acceptors (Lipinski definition) is 0. The quantitative estimate of drug-likeness (QED) is 0.658. The zero-order valence-corrected chi connectivity index (χ0v) is 7.99. The van der Waals surface area contributed by atoms with Crippen LogP contribution in [0.4, 0.5) is 0 Å². The summed E-state index contributed by atoms with van der Waals surface area (Å²) in [4.78, 5) is 3.43. The molecule has 0 saturated heterocycles. The highest BCUT2D eigenvalue weighted by Crippen LogP contribution is 2.30. The highest BCUT2D eigenvalue weighted by molar-refractivity contribution is 6.31. The van der Waals surface area contributed by atoms with Gasteiger partial charge in [-0.05, 0) is 37.0 Å². The molecular weight excluding hydrogens is 182 g/mol. The highest BCUT2D eigenvalue weighted by atomic mass is 35.5. The van der Waals surface area contributed by atoms with E-state index in [1.807, 2.05) is 12.1 Å². The molecule has 1 aliphatic rings. The zero-order valence-electron chi connectivity index (χ0n) is 7.23. The zero-order chi connectivity index (χ0) is 8.84. The minimum atomic E-state index is 0.812. The average molecular weight is 192 g/mol. The Morgan fingerprint density at radius 2 is 2.15 bits per heavy atom. The highest BCUT2D eigenvalue weighted by Gasteiger charge is 2.16. The maximum Gasteiger partial charge on any atom is 0.0473 e. The van der Waals surface area contributed by atoms with Crippen molar-refractivity contribution in [2.45, 2.75) is 19.3 Å². The molecule has 0 amide bonds. The van der Waals surface area contributed by atoms with Crippen LogP contribution in [-0.2, 0) is 12.8 Å². The van der Waals surface area contributed by atoms with Crippen molar-refractivity contribution in [3.8, 4) is 0 Å². The summed E-state index contributed by atoms with van der Waals surface area (Å²) in [5.41, 5.74) is 4.11. The van der Waals surface area contributed by atoms with Crippen LogP contribution in [0.2, 0.25) is 5.02 Å². The summed E-state index contributed by atoms with van der Waals surface area (Å²) in [6, 6.07) is 6.10. The third kappa shape index (κ3) is 1.00. The fraction of sp³-hybridized carbons (Fsp3) is 0.273. The predicted molar refractivity (Wildman–Crippen MR) is 55.3 cm³/mol. The van der Waals surface area contributed by atoms with Gasteiger partial charge in [-0.15, -0.1) is 0 Å². The summed E-state index contributed by atoms with van der Waals surface area (Å²) in [5, 5.41) is 2.17. The number of benzene rings is 1. The van der Waals surface area contributed by atoms with Crippen molar-refractivity contribution >= 4 is 22.5 Å². The van der Waals surface area contributed by atoms with E-state index in [4.69, 9.17) is 11.6 Å². The Kier molecular flexibility index (Phi) is 1.44. The van der Waals surface area contributed by atoms with Crippen LogP contribution in [-0.4, -0.2) is 4.98 Å². The number of hydrogen-bond donors (Lipinski definition) is 1. The number of halogens is 1. The van der Waals surface area contributed by atoms with Gasteiger partial charge in [0.2, 0.25) is 0 Å². The summed E-state index contributed by atoms with van der Waals surface area (Å²) in [6.45, 7) is 0. The molecule has 3 rings (SSSR count). The van der Waals surface area contributed by atoms with Crippen molar-refractivity contribution in [1.29, 1.82) is 0 Å². The first-order valence-electron chi connectivity index (χ1n) is 4.63. The smallest absolute Gasteiger partial charge is 0.0473 e. The molecule has 0 aliphatic heterocycles. The van der Waals surface area contributed by atoms with Crippen molar-refractivity contribution in [3.63, 3.8) is 0 Å². The SMILES string of the molecule is Clc1ccc2c3c([nH]c2c1)CCC3. The summed E-state index contributed by atoms with van der Waals surface area (Å²) in [7, 11) is 0. The van der Waals surface area contributed by atoms with Crippen molar-refractivity contribution in [1.82, 2.24) is 4.98 Å². The van der Waals surface area contributed by atoms with Gasteiger partial charge in [0.1, 0.15) is 0 Å². The normalized spacial score (nSPS) is 15.2. The molecule has 2 heteroatoms. The van der Waals surface area contributed by atoms with Crippen LogP contribution >= 0.6 is 11.6 Å². The molecule has 0 spiro atoms. The monoisotopic (exact) mass is 191 g/mol. The first-order chi connectivity index (χ1) is 6.34. The number of fused-ring (bicyclic) bond motifs is 3. The molecular formula is C11H10ClN. The maximum absolute atomic E-state index is 5.92. The van der Waals surface area contributed by atoms with Crippen LogP contribution in [0.15, 0.2) is 18.2 Å². The van der Waals surface area contributed by atoms with Gasteiger partial charge in [-0.2, -0.15) is 0 Å². The van der Waals surface area contributed by atoms with Crippen LogP contribution in [0.5, 0.6) is 0 Å². The molecule has 1 aromatic heterocycles. The number of H-pyrrole nitrogens is 1. The second kappa shape index (κ2) is 2.52. The minimum absolute atomic E-state index is 0.812. The van der Waals surface area contributed by atoms with E-state index in [9.17, 15) is 0 Å². The Morgan fingerprint density at radius 1 is 1.23 bits per heavy atom. The number of aromatic nitrogens is 1. The van der Waals surface area contributed by atoms with E-state index in [-0.39, 0.29) is 0 Å². The Hall–Kier alpha value is -0.950. The summed E-state index contributed by atoms with van der Waals surface area (Å²) < 4.78 is 0. The Balaban J connectivity index is 2.38. The summed E-state index contributed by atoms with van der Waals surface area (Å²) >= 11 is 5.92. The third-order valence-corrected chi connectivity index (χ3v) is 3.05. The number of nitrogens with one attached hydrogen (secondary N) is 1. The van der Waals surface area contributed by atoms with Crippen LogP contribution in [0, 0.1) is 0 Å². The topological polar surface area (TPSA) is 15.8 Å². The van der Waals surface area contributed by atoms with E-state index < -0.39 is 0 Å². The molecule has 2 aromatic rings. The van der Waals surface area contributed by atoms with Gasteiger partial charge >= 0.3 is 0 Å². The summed E-state index contributed by atoms with van der Waals surface area (Å²) in [5.74, 6) is 0. The van der Waals surface area contributed by atoms with Gasteiger partial charge < -0.3 is 4.98 Å². The molecule has 0 fully saturated rings. The van der Waals surface area contributed by atoms with E-state index in [1.54, 1.807) is 0 Å². The molecule has 0 atom stereocenters. The van der Waals surface area contributed by atoms with Crippen molar-refractivity contribution in [2.75, 3.05) is 0 Å². The average Bonchev–Trinajstić information content (AvgIpc) is 2.62. The predicted octanol–water partition coefficient (Wildman–Crippen LogP) is 3.31. The molecule has 1 aliphatic carbocycles. The lowest BCUT2D eigenvalue weighted by atomic mass is 10.1. The van der Waals surface area contributed by atoms with Crippen LogP contribution < -0.4 is 0 Å². The molecule has 1 N–H and O–H groups in total. The molecule has 0 radical (unpaired) electrons. The summed E-state index contributed by atoms with van der Waals surface area (Å²) in [6.07, 6.45) is 3.71. The van der Waals surface area contributed by atoms with E-state index in [1.165, 1.54) is 41.4 Å². The molecule has 1 heterocycles. The fourth-order valence-corrected chi connectivity index (χ4v) is 2.40. The third-order valence-electron chi connectivity index (χ3n) is 2.81. The van der Waals surface area contributed by atoms with Gasteiger partial charge in [0.25, 0.3) is 0 Å². The largest absolute Gasteiger partial charge is 0.358 e. The Bertz CT molecular complexity index is 470. The molecule has 0 unspecified atom stereocenters. The van der Waals surface area contributed by atoms with Crippen molar-refractivity contribution in [3.05, 3.63) is 34.5 Å². The minimum Gasteiger partial charge on any atom is -0.358 e. The Morgan fingerprint density at radius 3 is 3.08 bits per heavy atom. The lowest BCUT2D eigenvalue weighted by Crippen LogP contribution is -1.76. The number of aromatic amines is 1. The van der Waals surface area contributed by atoms with Gasteiger partial charge in [-0.1, -0.05) is 17.7 Å². The molecule has 1 nitrogen and oxygen atoms in total. The molecule has 0 saturated carbocycles. The second-order valence-electron chi connectivity index (χ2n) is 3.63. The van der Waals surface area contributed by atoms with E-state index >= 15 is 0 Å². The second-order valence-corrected chi connectivity index (χ2v) is 4.06. The van der Waals surface area contributed by atoms with Crippen LogP contribution in [0.3, 0.4) is 0 Å². The van der Waals surface area contributed by atoms with Crippen molar-refractivity contribution in [2.24, 2.45) is 0 Å². The fourth-order valence-electron chi connectivity index (χ4n) is 2.22. The lowest BCUT2D eigenvalue weighted by molar-refractivity contribution is 0.899. The first-order valence-corrected chi connectivity index (χ1v) is 5.01. The molecule has 0 bridgehead atoms. The molecule has 66 valence electrons. The van der Waals surface area contributed by atoms with Crippen LogP contribution in [0.1, 0.15) is 17.7 Å². The lowest BCUT2D eigenvalue weighted by Gasteiger charge is -1.93. The van der Waals surface area contributed by atoms with E-state index in [0.717, 1.165) is 5.02 Å². The van der Waals surface area contributed by atoms with E-state index in [0.29, 0.717) is 0 Å². The first kappa shape index (κ1) is 7.45. The van der Waals surface area contributed by atoms with Crippen LogP contribution in [0.25, 0.3) is 10.9 Å². The number of aryl methyl sites for hydroxylation is 2. The maximum atomic E-state index is 5.92. The van der Waals surface area contributed by atoms with Crippen molar-refractivity contribution < 1.29 is 0 Å². The van der Waals surface area contributed by atoms with Gasteiger partial charge in [0.15, 0.2) is 0 Å². The Labute approximate surface area is 81.7 Å².